The molecule has 1 aliphatic heterocycles. The Morgan fingerprint density at radius 3 is 2.87 bits per heavy atom. The number of carbonyl (C=O) groups excluding carboxylic acids is 1. The Labute approximate surface area is 167 Å². The van der Waals surface area contributed by atoms with Crippen LogP contribution in [0.1, 0.15) is 18.4 Å². The van der Waals surface area contributed by atoms with Gasteiger partial charge in [0.2, 0.25) is 6.23 Å². The molecule has 1 saturated heterocycles. The normalized spacial score (nSPS) is 20.4. The number of nitrogens with zero attached hydrogens (tertiary/aromatic N) is 2. The van der Waals surface area contributed by atoms with Gasteiger partial charge in [-0.1, -0.05) is 18.2 Å². The molecule has 2 atom stereocenters. The number of ether oxygens (including phenoxy) is 2. The highest BCUT2D eigenvalue weighted by atomic mass is 19.3. The number of nitrogens with one attached hydrogen (secondary N) is 1. The van der Waals surface area contributed by atoms with E-state index in [4.69, 9.17) is 19.0 Å². The first kappa shape index (κ1) is 20.0. The van der Waals surface area contributed by atoms with Crippen molar-refractivity contribution in [2.45, 2.75) is 31.3 Å². The number of anilines is 1. The second-order valence-electron chi connectivity index (χ2n) is 6.71. The minimum absolute atomic E-state index is 0.151. The monoisotopic (exact) mass is 421 g/mol. The number of amides is 1. The molecule has 9 nitrogen and oxygen atoms in total. The number of hydrogen-bond donors (Lipinski definition) is 2. The lowest BCUT2D eigenvalue weighted by Gasteiger charge is -2.19. The summed E-state index contributed by atoms with van der Waals surface area (Å²) in [5, 5.41) is 12.1. The highest BCUT2D eigenvalue weighted by Gasteiger charge is 2.51. The van der Waals surface area contributed by atoms with E-state index in [0.29, 0.717) is 15.9 Å². The molecular formula is C19H17F2N3O6. The van der Waals surface area contributed by atoms with Gasteiger partial charge in [0, 0.05) is 18.0 Å². The maximum Gasteiger partial charge on any atom is 0.413 e. The summed E-state index contributed by atoms with van der Waals surface area (Å²) in [7, 11) is 0. The van der Waals surface area contributed by atoms with E-state index in [1.807, 2.05) is 18.2 Å². The number of benzene rings is 1. The molecule has 11 heteroatoms. The predicted octanol–water partition coefficient (Wildman–Crippen LogP) is 2.65. The fourth-order valence-corrected chi connectivity index (χ4v) is 3.16. The minimum Gasteiger partial charge on any atom is -0.457 e. The summed E-state index contributed by atoms with van der Waals surface area (Å²) in [6.07, 6.45) is -3.55. The summed E-state index contributed by atoms with van der Waals surface area (Å²) in [6.45, 7) is -0.743. The number of alkyl halides is 2. The fourth-order valence-electron chi connectivity index (χ4n) is 3.16. The summed E-state index contributed by atoms with van der Waals surface area (Å²) in [5.41, 5.74) is -0.399. The molecule has 4 rings (SSSR count). The smallest absolute Gasteiger partial charge is 0.413 e. The van der Waals surface area contributed by atoms with Crippen LogP contribution in [0.4, 0.5) is 19.4 Å². The van der Waals surface area contributed by atoms with Crippen LogP contribution in [-0.4, -0.2) is 39.4 Å². The molecule has 2 N–H and O–H groups in total. The SMILES string of the molecule is O=C(Nc1ccn(C2O[C@H](CO)CC2(F)F)c(=O)n1)OCc1cc2ccccc2o1. The van der Waals surface area contributed by atoms with E-state index >= 15 is 0 Å². The van der Waals surface area contributed by atoms with Gasteiger partial charge in [-0.3, -0.25) is 9.88 Å². The van der Waals surface area contributed by atoms with Crippen LogP contribution in [-0.2, 0) is 16.1 Å². The van der Waals surface area contributed by atoms with Crippen LogP contribution in [0.3, 0.4) is 0 Å². The lowest BCUT2D eigenvalue weighted by molar-refractivity contribution is -0.120. The zero-order chi connectivity index (χ0) is 21.3. The maximum absolute atomic E-state index is 14.0. The van der Waals surface area contributed by atoms with Crippen LogP contribution in [0.25, 0.3) is 11.0 Å². The molecule has 0 bridgehead atoms. The molecule has 0 saturated carbocycles. The largest absolute Gasteiger partial charge is 0.457 e. The number of carbonyl (C=O) groups is 1. The highest BCUT2D eigenvalue weighted by Crippen LogP contribution is 2.41. The summed E-state index contributed by atoms with van der Waals surface area (Å²) in [4.78, 5) is 27.6. The Morgan fingerprint density at radius 2 is 2.17 bits per heavy atom. The van der Waals surface area contributed by atoms with Gasteiger partial charge in [0.1, 0.15) is 17.2 Å². The third-order valence-electron chi connectivity index (χ3n) is 4.52. The van der Waals surface area contributed by atoms with Crippen LogP contribution >= 0.6 is 0 Å². The Hall–Kier alpha value is -3.31. The van der Waals surface area contributed by atoms with Gasteiger partial charge >= 0.3 is 11.8 Å². The molecule has 3 heterocycles. The summed E-state index contributed by atoms with van der Waals surface area (Å²) >= 11 is 0. The van der Waals surface area contributed by atoms with Gasteiger partial charge in [-0.2, -0.15) is 4.98 Å². The van der Waals surface area contributed by atoms with Crippen molar-refractivity contribution in [3.8, 4) is 0 Å². The average Bonchev–Trinajstić information content (AvgIpc) is 3.26. The number of fused-ring (bicyclic) bond motifs is 1. The first-order valence-electron chi connectivity index (χ1n) is 9.00. The first-order chi connectivity index (χ1) is 14.4. The second-order valence-corrected chi connectivity index (χ2v) is 6.71. The first-order valence-corrected chi connectivity index (χ1v) is 9.00. The third-order valence-corrected chi connectivity index (χ3v) is 4.52. The van der Waals surface area contributed by atoms with E-state index in [-0.39, 0.29) is 12.4 Å². The molecule has 1 amide bonds. The van der Waals surface area contributed by atoms with Gasteiger partial charge in [-0.15, -0.1) is 0 Å². The van der Waals surface area contributed by atoms with Crippen LogP contribution in [0.15, 0.2) is 51.8 Å². The molecule has 1 aliphatic rings. The van der Waals surface area contributed by atoms with E-state index in [1.165, 1.54) is 0 Å². The molecule has 158 valence electrons. The minimum atomic E-state index is -3.35. The molecule has 1 aromatic carbocycles. The molecule has 1 fully saturated rings. The van der Waals surface area contributed by atoms with Gasteiger partial charge in [0.05, 0.1) is 12.7 Å². The van der Waals surface area contributed by atoms with Crippen molar-refractivity contribution in [3.05, 3.63) is 58.8 Å². The van der Waals surface area contributed by atoms with Gasteiger partial charge in [-0.25, -0.2) is 18.4 Å². The Morgan fingerprint density at radius 1 is 1.37 bits per heavy atom. The number of aliphatic hydroxyl groups is 1. The topological polar surface area (TPSA) is 116 Å². The number of aliphatic hydroxyl groups excluding tert-OH is 1. The molecule has 30 heavy (non-hydrogen) atoms. The van der Waals surface area contributed by atoms with Crippen molar-refractivity contribution in [1.29, 1.82) is 0 Å². The standard InChI is InChI=1S/C19H17F2N3O6/c20-19(21)8-13(9-25)30-16(19)24-6-5-15(22-17(24)26)23-18(27)28-10-12-7-11-3-1-2-4-14(11)29-12/h1-7,13,16,25H,8-10H2,(H,22,23,26,27)/t13-,16?/m0/s1. The Bertz CT molecular complexity index is 1100. The third kappa shape index (κ3) is 4.02. The van der Waals surface area contributed by atoms with Crippen LogP contribution < -0.4 is 11.0 Å². The van der Waals surface area contributed by atoms with Crippen molar-refractivity contribution < 1.29 is 32.6 Å². The summed E-state index contributed by atoms with van der Waals surface area (Å²) in [6, 6.07) is 10.2. The molecule has 3 aromatic rings. The highest BCUT2D eigenvalue weighted by molar-refractivity contribution is 5.83. The van der Waals surface area contributed by atoms with Crippen molar-refractivity contribution in [2.24, 2.45) is 0 Å². The van der Waals surface area contributed by atoms with Crippen LogP contribution in [0, 0.1) is 0 Å². The van der Waals surface area contributed by atoms with E-state index in [1.54, 1.807) is 12.1 Å². The summed E-state index contributed by atoms with van der Waals surface area (Å²) in [5.74, 6) is -3.10. The fraction of sp³-hybridized carbons (Fsp3) is 0.316. The zero-order valence-electron chi connectivity index (χ0n) is 15.5. The van der Waals surface area contributed by atoms with Gasteiger partial charge in [0.15, 0.2) is 6.61 Å². The lowest BCUT2D eigenvalue weighted by atomic mass is 10.2. The number of para-hydroxylation sites is 1. The lowest BCUT2D eigenvalue weighted by Crippen LogP contribution is -2.35. The quantitative estimate of drug-likeness (QED) is 0.651. The summed E-state index contributed by atoms with van der Waals surface area (Å²) < 4.78 is 44.3. The number of hydrogen-bond acceptors (Lipinski definition) is 7. The van der Waals surface area contributed by atoms with E-state index in [2.05, 4.69) is 10.3 Å². The molecule has 0 radical (unpaired) electrons. The van der Waals surface area contributed by atoms with E-state index in [9.17, 15) is 18.4 Å². The second kappa shape index (κ2) is 7.84. The number of halogens is 2. The Balaban J connectivity index is 1.39. The van der Waals surface area contributed by atoms with Gasteiger partial charge < -0.3 is 19.0 Å². The van der Waals surface area contributed by atoms with E-state index < -0.39 is 43.1 Å². The molecule has 2 aromatic heterocycles. The van der Waals surface area contributed by atoms with Gasteiger partial charge in [-0.05, 0) is 18.2 Å². The van der Waals surface area contributed by atoms with Crippen LogP contribution in [0.5, 0.6) is 0 Å². The van der Waals surface area contributed by atoms with Crippen molar-refractivity contribution in [1.82, 2.24) is 9.55 Å². The van der Waals surface area contributed by atoms with Gasteiger partial charge in [0.25, 0.3) is 5.92 Å². The molecule has 0 aliphatic carbocycles. The number of furan rings is 1. The predicted molar refractivity (Wildman–Crippen MR) is 99.1 cm³/mol. The zero-order valence-corrected chi connectivity index (χ0v) is 15.5. The average molecular weight is 421 g/mol. The van der Waals surface area contributed by atoms with Crippen molar-refractivity contribution in [3.63, 3.8) is 0 Å². The number of rotatable bonds is 5. The maximum atomic E-state index is 14.0. The molecule has 0 spiro atoms. The Kier molecular flexibility index (Phi) is 5.22. The van der Waals surface area contributed by atoms with E-state index in [0.717, 1.165) is 17.6 Å². The van der Waals surface area contributed by atoms with Crippen LogP contribution in [0.2, 0.25) is 0 Å². The molecular weight excluding hydrogens is 404 g/mol. The van der Waals surface area contributed by atoms with Crippen molar-refractivity contribution in [2.75, 3.05) is 11.9 Å². The molecule has 1 unspecified atom stereocenters. The van der Waals surface area contributed by atoms with Crippen molar-refractivity contribution >= 4 is 22.9 Å². The number of aromatic nitrogens is 2.